The number of alkyl halides is 2. The quantitative estimate of drug-likeness (QED) is 0.00966. The number of primary amides is 1. The number of phosphoric acid groups is 1. The molecule has 3 aromatic carbocycles. The summed E-state index contributed by atoms with van der Waals surface area (Å²) in [7, 11) is -1.96. The van der Waals surface area contributed by atoms with Crippen LogP contribution in [0.5, 0.6) is 11.5 Å². The lowest BCUT2D eigenvalue weighted by atomic mass is 9.72. The third kappa shape index (κ3) is 13.4. The zero-order chi connectivity index (χ0) is 69.8. The average molecular weight is 1400 g/mol. The summed E-state index contributed by atoms with van der Waals surface area (Å²) < 4.78 is 29.0. The van der Waals surface area contributed by atoms with Crippen molar-refractivity contribution in [2.24, 2.45) is 33.8 Å². The number of benzene rings is 3. The number of carbonyl (C=O) groups excluding carboxylic acids is 10. The number of ketones is 1. The fraction of sp³-hybridized carbons (Fsp3) is 0.493. The van der Waals surface area contributed by atoms with E-state index in [4.69, 9.17) is 42.9 Å². The molecule has 0 radical (unpaired) electrons. The van der Waals surface area contributed by atoms with Crippen LogP contribution in [0, 0.1) is 41.9 Å². The number of rotatable bonds is 29. The fourth-order valence-corrected chi connectivity index (χ4v) is 16.1. The maximum atomic E-state index is 15.2. The lowest BCUT2D eigenvalue weighted by Crippen LogP contribution is -2.49. The smallest absolute Gasteiger partial charge is 0.445 e. The van der Waals surface area contributed by atoms with Gasteiger partial charge in [0, 0.05) is 154 Å². The van der Waals surface area contributed by atoms with E-state index in [-0.39, 0.29) is 141 Å². The standard InChI is InChI=1S/C67H80Cl2N11O16P/c1-36(2)56(75-49(82)12-8-7-9-20-78-50(83)17-18-51(78)84)46(81)23-40(11-10-19-71-62(70)88)59(85)74-43-15-13-39(14-16-43)32-94-63(89)76(5)21-22-77(6)64(90)95-47-24-44-54(52-37(3)28-72-57(47)52)41(26-68)30-79(44)60(86)65-33-66(35-67(65,66)34-65)61(87)80-31-42(27-69)55-45(80)25-48(96-97(91,92)93)58-53(55)38(4)29-73-58/h13-18,24-25,28-29,36,40-42,56,72-73H,7-12,19-23,26-27,30-35H2,1-6H3,(H,74,85)(H,75,82)(H3,70,71,88)(H2,91,92,93)/t40-,41-,42-,56+,65?,66?,67?/m1/s1. The zero-order valence-corrected chi connectivity index (χ0v) is 57.1. The first-order valence-corrected chi connectivity index (χ1v) is 35.1. The van der Waals surface area contributed by atoms with E-state index >= 15 is 4.79 Å². The van der Waals surface area contributed by atoms with E-state index in [2.05, 4.69) is 25.9 Å². The molecule has 3 aliphatic carbocycles. The maximum absolute atomic E-state index is 15.2. The van der Waals surface area contributed by atoms with Gasteiger partial charge in [-0.25, -0.2) is 18.9 Å². The van der Waals surface area contributed by atoms with Crippen molar-refractivity contribution in [3.63, 3.8) is 0 Å². The Balaban J connectivity index is 0.671. The number of hydrogen-bond donors (Lipinski definition) is 8. The van der Waals surface area contributed by atoms with Crippen molar-refractivity contribution >= 4 is 129 Å². The van der Waals surface area contributed by atoms with Crippen LogP contribution < -0.4 is 40.7 Å². The first kappa shape index (κ1) is 69.8. The molecule has 6 aliphatic rings. The molecule has 3 aliphatic heterocycles. The highest BCUT2D eigenvalue weighted by atomic mass is 35.5. The number of ether oxygens (including phenoxy) is 2. The molecule has 11 rings (SSSR count). The Morgan fingerprint density at radius 3 is 1.87 bits per heavy atom. The van der Waals surface area contributed by atoms with Crippen LogP contribution in [0.1, 0.15) is 118 Å². The first-order valence-electron chi connectivity index (χ1n) is 32.5. The number of fused-ring (bicyclic) bond motifs is 6. The number of H-pyrrole nitrogens is 2. The second-order valence-corrected chi connectivity index (χ2v) is 28.7. The molecule has 518 valence electrons. The van der Waals surface area contributed by atoms with Crippen molar-refractivity contribution in [2.75, 3.05) is 80.2 Å². The summed E-state index contributed by atoms with van der Waals surface area (Å²) in [6.45, 7) is 8.19. The summed E-state index contributed by atoms with van der Waals surface area (Å²) in [6.07, 6.45) is 7.82. The number of carbonyl (C=O) groups is 10. The number of aromatic nitrogens is 2. The Morgan fingerprint density at radius 1 is 0.773 bits per heavy atom. The molecule has 0 bridgehead atoms. The summed E-state index contributed by atoms with van der Waals surface area (Å²) in [5.41, 5.74) is 9.23. The molecule has 2 aromatic heterocycles. The Morgan fingerprint density at radius 2 is 1.33 bits per heavy atom. The van der Waals surface area contributed by atoms with Crippen LogP contribution in [0.15, 0.2) is 60.9 Å². The number of unbranched alkanes of at least 4 members (excludes halogenated alkanes) is 2. The predicted octanol–water partition coefficient (Wildman–Crippen LogP) is 8.23. The summed E-state index contributed by atoms with van der Waals surface area (Å²) >= 11 is 13.3. The summed E-state index contributed by atoms with van der Waals surface area (Å²) in [4.78, 5) is 166. The summed E-state index contributed by atoms with van der Waals surface area (Å²) in [5.74, 6) is -3.45. The van der Waals surface area contributed by atoms with E-state index in [0.29, 0.717) is 84.0 Å². The molecule has 3 unspecified atom stereocenters. The van der Waals surface area contributed by atoms with Crippen LogP contribution in [0.25, 0.3) is 21.8 Å². The number of hydrogen-bond acceptors (Lipinski definition) is 14. The number of imide groups is 1. The summed E-state index contributed by atoms with van der Waals surface area (Å²) in [6, 6.07) is 8.09. The van der Waals surface area contributed by atoms with Gasteiger partial charge in [-0.3, -0.25) is 48.2 Å². The lowest BCUT2D eigenvalue weighted by Gasteiger charge is -2.37. The van der Waals surface area contributed by atoms with Crippen molar-refractivity contribution in [3.05, 3.63) is 88.8 Å². The second-order valence-electron chi connectivity index (χ2n) is 27.0. The molecule has 10 amide bonds. The van der Waals surface area contributed by atoms with E-state index in [1.807, 2.05) is 13.8 Å². The number of anilines is 3. The highest BCUT2D eigenvalue weighted by Gasteiger charge is 3.01. The third-order valence-corrected chi connectivity index (χ3v) is 21.5. The van der Waals surface area contributed by atoms with E-state index in [0.717, 1.165) is 32.5 Å². The van der Waals surface area contributed by atoms with Crippen molar-refractivity contribution in [3.8, 4) is 11.5 Å². The molecule has 3 saturated carbocycles. The molecular weight excluding hydrogens is 1320 g/mol. The minimum atomic E-state index is -5.00. The van der Waals surface area contributed by atoms with E-state index in [9.17, 15) is 57.5 Å². The molecule has 1 spiro atoms. The SMILES string of the molecule is Cc1c[nH]c2c(OC(=O)N(C)CCN(C)C(=O)OCc3ccc(NC(=O)[C@H](CCCNC(N)=O)CC(=O)[C@@H](NC(=O)CCCCCN4C(=O)C=CC4=O)C(C)C)cc3)cc3c(c12)[C@H](CCl)CN3C(=O)C12CC3(C(=O)N4C[C@@H](CCl)c5c4cc(OP(=O)(O)O)c4[nH]cc(C)c54)CC13C2. The van der Waals surface area contributed by atoms with Crippen LogP contribution in [-0.2, 0) is 49.5 Å². The van der Waals surface area contributed by atoms with Gasteiger partial charge in [-0.05, 0) is 105 Å². The Kier molecular flexibility index (Phi) is 19.8. The minimum absolute atomic E-state index is 0.0321. The highest BCUT2D eigenvalue weighted by Crippen LogP contribution is 3.01. The van der Waals surface area contributed by atoms with Gasteiger partial charge in [-0.15, -0.1) is 23.2 Å². The number of phosphoric ester groups is 1. The number of aryl methyl sites for hydroxylation is 2. The normalized spacial score (nSPS) is 21.5. The average Bonchev–Trinajstić information content (AvgIpc) is 1.40. The lowest BCUT2D eigenvalue weighted by molar-refractivity contribution is -0.137. The molecular formula is C67H80Cl2N11O16P. The summed E-state index contributed by atoms with van der Waals surface area (Å²) in [5, 5.41) is 9.62. The van der Waals surface area contributed by atoms with E-state index in [1.54, 1.807) is 66.4 Å². The van der Waals surface area contributed by atoms with Crippen molar-refractivity contribution in [2.45, 2.75) is 116 Å². The van der Waals surface area contributed by atoms with Crippen LogP contribution in [0.3, 0.4) is 0 Å². The van der Waals surface area contributed by atoms with Gasteiger partial charge in [-0.2, -0.15) is 0 Å². The largest absolute Gasteiger partial charge is 0.524 e. The number of nitrogens with one attached hydrogen (secondary N) is 5. The van der Waals surface area contributed by atoms with E-state index < -0.39 is 60.2 Å². The zero-order valence-electron chi connectivity index (χ0n) is 54.7. The molecule has 27 nitrogen and oxygen atoms in total. The molecule has 0 saturated heterocycles. The molecule has 9 N–H and O–H groups in total. The minimum Gasteiger partial charge on any atom is -0.445 e. The molecule has 3 fully saturated rings. The van der Waals surface area contributed by atoms with Gasteiger partial charge in [0.1, 0.15) is 6.61 Å². The number of urea groups is 1. The van der Waals surface area contributed by atoms with Crippen LogP contribution in [0.4, 0.5) is 31.4 Å². The number of amides is 10. The Hall–Kier alpha value is -8.49. The number of nitrogens with two attached hydrogens (primary N) is 1. The monoisotopic (exact) mass is 1400 g/mol. The van der Waals surface area contributed by atoms with Crippen molar-refractivity contribution in [1.29, 1.82) is 0 Å². The predicted molar refractivity (Wildman–Crippen MR) is 359 cm³/mol. The highest BCUT2D eigenvalue weighted by molar-refractivity contribution is 7.46. The van der Waals surface area contributed by atoms with Crippen LogP contribution >= 0.6 is 31.0 Å². The molecule has 5 heterocycles. The van der Waals surface area contributed by atoms with Gasteiger partial charge in [0.25, 0.3) is 11.8 Å². The Labute approximate surface area is 569 Å². The van der Waals surface area contributed by atoms with E-state index in [1.165, 1.54) is 42.1 Å². The van der Waals surface area contributed by atoms with Gasteiger partial charge in [0.05, 0.1) is 39.3 Å². The van der Waals surface area contributed by atoms with Crippen LogP contribution in [-0.4, -0.2) is 165 Å². The van der Waals surface area contributed by atoms with Gasteiger partial charge in [-0.1, -0.05) is 32.4 Å². The van der Waals surface area contributed by atoms with Gasteiger partial charge >= 0.3 is 26.0 Å². The topological polar surface area (TPSA) is 366 Å². The first-order chi connectivity index (χ1) is 46.1. The number of likely N-dealkylation sites (N-methyl/N-ethyl adjacent to an activating group) is 2. The molecule has 5 aromatic rings. The maximum Gasteiger partial charge on any atom is 0.524 e. The van der Waals surface area contributed by atoms with Gasteiger partial charge < -0.3 is 65.2 Å². The Bertz CT molecular complexity index is 4120. The van der Waals surface area contributed by atoms with Crippen LogP contribution in [0.2, 0.25) is 0 Å². The fourth-order valence-electron chi connectivity index (χ4n) is 15.2. The molecule has 97 heavy (non-hydrogen) atoms. The van der Waals surface area contributed by atoms with Crippen molar-refractivity contribution < 1.29 is 76.3 Å². The number of halogens is 2. The number of nitrogens with zero attached hydrogens (tertiary/aromatic N) is 5. The second kappa shape index (κ2) is 27.4. The van der Waals surface area contributed by atoms with Gasteiger partial charge in [0.2, 0.25) is 23.6 Å². The number of Topliss-reactive ketones (excluding diaryl/α,β-unsaturated/α-hetero) is 1. The number of aromatic amines is 2. The molecule has 30 heteroatoms. The molecule has 7 atom stereocenters. The van der Waals surface area contributed by atoms with Gasteiger partial charge in [0.15, 0.2) is 17.3 Å². The third-order valence-electron chi connectivity index (χ3n) is 20.3. The van der Waals surface area contributed by atoms with Crippen molar-refractivity contribution in [1.82, 2.24) is 35.3 Å².